The second-order valence-corrected chi connectivity index (χ2v) is 13.6. The van der Waals surface area contributed by atoms with Crippen molar-refractivity contribution in [1.29, 1.82) is 0 Å². The predicted octanol–water partition coefficient (Wildman–Crippen LogP) is 5.81. The number of hydrogen-bond donors (Lipinski definition) is 1. The molecule has 0 radical (unpaired) electrons. The number of hydrogen-bond acceptors (Lipinski definition) is 5. The van der Waals surface area contributed by atoms with E-state index in [-0.39, 0.29) is 23.0 Å². The van der Waals surface area contributed by atoms with Crippen molar-refractivity contribution in [3.05, 3.63) is 63.7 Å². The largest absolute Gasteiger partial charge is 0.496 e. The van der Waals surface area contributed by atoms with Crippen LogP contribution in [0.3, 0.4) is 0 Å². The first-order valence-electron chi connectivity index (χ1n) is 9.90. The van der Waals surface area contributed by atoms with E-state index in [4.69, 9.17) is 9.16 Å². The van der Waals surface area contributed by atoms with Crippen molar-refractivity contribution in [2.24, 2.45) is 0 Å². The Morgan fingerprint density at radius 1 is 1.16 bits per heavy atom. The van der Waals surface area contributed by atoms with Gasteiger partial charge in [-0.25, -0.2) is 4.79 Å². The van der Waals surface area contributed by atoms with Crippen LogP contribution < -0.4 is 9.64 Å². The summed E-state index contributed by atoms with van der Waals surface area (Å²) in [4.78, 5) is 23.5. The molecule has 0 spiro atoms. The third-order valence-electron chi connectivity index (χ3n) is 5.69. The maximum absolute atomic E-state index is 11.9. The van der Waals surface area contributed by atoms with E-state index in [0.717, 1.165) is 5.56 Å². The van der Waals surface area contributed by atoms with Gasteiger partial charge in [0.1, 0.15) is 5.75 Å². The SMILES string of the molecule is COc1cc([N+](=O)[O-])ccc1CN(C(=O)O)c1ccc(CO[Si](C)(C)C(C)(C)C)cc1. The molecule has 9 heteroatoms. The number of ether oxygens (including phenoxy) is 1. The lowest BCUT2D eigenvalue weighted by molar-refractivity contribution is -0.384. The van der Waals surface area contributed by atoms with Gasteiger partial charge in [0.25, 0.3) is 5.69 Å². The molecule has 1 N–H and O–H groups in total. The molecule has 0 bridgehead atoms. The Labute approximate surface area is 183 Å². The van der Waals surface area contributed by atoms with E-state index in [0.29, 0.717) is 17.9 Å². The summed E-state index contributed by atoms with van der Waals surface area (Å²) in [5.74, 6) is 0.264. The maximum atomic E-state index is 11.9. The minimum absolute atomic E-state index is 0.00365. The van der Waals surface area contributed by atoms with Gasteiger partial charge in [-0.15, -0.1) is 0 Å². The number of nitro groups is 1. The molecular formula is C22H30N2O6Si. The molecule has 31 heavy (non-hydrogen) atoms. The van der Waals surface area contributed by atoms with Crippen LogP contribution in [-0.4, -0.2) is 31.6 Å². The number of amides is 1. The topological polar surface area (TPSA) is 102 Å². The molecule has 0 saturated heterocycles. The van der Waals surface area contributed by atoms with Crippen LogP contribution in [0, 0.1) is 10.1 Å². The zero-order valence-electron chi connectivity index (χ0n) is 18.8. The lowest BCUT2D eigenvalue weighted by atomic mass is 10.1. The Balaban J connectivity index is 2.19. The molecule has 0 aliphatic carbocycles. The number of benzene rings is 2. The van der Waals surface area contributed by atoms with Crippen molar-refractivity contribution in [3.63, 3.8) is 0 Å². The van der Waals surface area contributed by atoms with Crippen molar-refractivity contribution in [2.75, 3.05) is 12.0 Å². The minimum atomic E-state index is -1.88. The highest BCUT2D eigenvalue weighted by molar-refractivity contribution is 6.74. The van der Waals surface area contributed by atoms with E-state index in [9.17, 15) is 20.0 Å². The average Bonchev–Trinajstić information content (AvgIpc) is 2.69. The number of rotatable bonds is 8. The molecule has 0 heterocycles. The van der Waals surface area contributed by atoms with Crippen LogP contribution in [0.1, 0.15) is 31.9 Å². The number of anilines is 1. The first kappa shape index (κ1) is 24.4. The second-order valence-electron chi connectivity index (χ2n) is 8.84. The number of nitro benzene ring substituents is 1. The normalized spacial score (nSPS) is 11.8. The fourth-order valence-electron chi connectivity index (χ4n) is 2.67. The number of methoxy groups -OCH3 is 1. The van der Waals surface area contributed by atoms with E-state index in [1.807, 2.05) is 12.1 Å². The van der Waals surface area contributed by atoms with Crippen LogP contribution in [0.25, 0.3) is 0 Å². The fraction of sp³-hybridized carbons (Fsp3) is 0.409. The van der Waals surface area contributed by atoms with Gasteiger partial charge in [-0.05, 0) is 41.9 Å². The summed E-state index contributed by atoms with van der Waals surface area (Å²) in [5.41, 5.74) is 1.87. The van der Waals surface area contributed by atoms with Gasteiger partial charge in [0.05, 0.1) is 31.3 Å². The Kier molecular flexibility index (Phi) is 7.45. The zero-order valence-corrected chi connectivity index (χ0v) is 19.8. The van der Waals surface area contributed by atoms with Gasteiger partial charge in [-0.2, -0.15) is 0 Å². The van der Waals surface area contributed by atoms with Gasteiger partial charge in [0.15, 0.2) is 8.32 Å². The summed E-state index contributed by atoms with van der Waals surface area (Å²) in [6, 6.07) is 11.3. The van der Waals surface area contributed by atoms with Crippen molar-refractivity contribution < 1.29 is 24.0 Å². The Hall–Kier alpha value is -2.91. The van der Waals surface area contributed by atoms with Crippen molar-refractivity contribution in [3.8, 4) is 5.75 Å². The molecule has 2 aromatic carbocycles. The van der Waals surface area contributed by atoms with E-state index in [2.05, 4.69) is 33.9 Å². The molecule has 0 saturated carbocycles. The highest BCUT2D eigenvalue weighted by Crippen LogP contribution is 2.37. The Morgan fingerprint density at radius 2 is 1.77 bits per heavy atom. The molecule has 168 valence electrons. The molecule has 0 unspecified atom stereocenters. The summed E-state index contributed by atoms with van der Waals surface area (Å²) < 4.78 is 11.4. The van der Waals surface area contributed by atoms with Crippen molar-refractivity contribution in [2.45, 2.75) is 52.1 Å². The highest BCUT2D eigenvalue weighted by Gasteiger charge is 2.37. The first-order chi connectivity index (χ1) is 14.4. The molecule has 2 aromatic rings. The number of nitrogens with zero attached hydrogens (tertiary/aromatic N) is 2. The second kappa shape index (κ2) is 9.48. The average molecular weight is 447 g/mol. The predicted molar refractivity (Wildman–Crippen MR) is 122 cm³/mol. The molecule has 8 nitrogen and oxygen atoms in total. The molecule has 0 aromatic heterocycles. The first-order valence-corrected chi connectivity index (χ1v) is 12.8. The van der Waals surface area contributed by atoms with Gasteiger partial charge < -0.3 is 14.3 Å². The van der Waals surface area contributed by atoms with Crippen LogP contribution in [0.2, 0.25) is 18.1 Å². The summed E-state index contributed by atoms with van der Waals surface area (Å²) >= 11 is 0. The van der Waals surface area contributed by atoms with E-state index < -0.39 is 19.3 Å². The van der Waals surface area contributed by atoms with Crippen molar-refractivity contribution >= 4 is 25.8 Å². The van der Waals surface area contributed by atoms with Crippen LogP contribution >= 0.6 is 0 Å². The summed E-state index contributed by atoms with van der Waals surface area (Å²) in [7, 11) is -0.488. The standard InChI is InChI=1S/C22H30N2O6Si/c1-22(2,3)31(5,6)30-15-16-7-10-18(11-8-16)23(21(25)26)14-17-9-12-19(24(27)28)13-20(17)29-4/h7-13H,14-15H2,1-6H3,(H,25,26). The molecule has 0 fully saturated rings. The van der Waals surface area contributed by atoms with Crippen LogP contribution in [0.5, 0.6) is 5.75 Å². The Morgan fingerprint density at radius 3 is 2.26 bits per heavy atom. The van der Waals surface area contributed by atoms with Gasteiger partial charge >= 0.3 is 6.09 Å². The van der Waals surface area contributed by atoms with E-state index in [1.165, 1.54) is 30.2 Å². The zero-order chi connectivity index (χ0) is 23.4. The molecule has 2 rings (SSSR count). The lowest BCUT2D eigenvalue weighted by Crippen LogP contribution is -2.40. The maximum Gasteiger partial charge on any atom is 0.412 e. The molecule has 0 aliphatic rings. The number of carbonyl (C=O) groups is 1. The summed E-state index contributed by atoms with van der Waals surface area (Å²) in [6.45, 7) is 11.4. The van der Waals surface area contributed by atoms with Gasteiger partial charge in [-0.1, -0.05) is 32.9 Å². The Bertz CT molecular complexity index is 938. The highest BCUT2D eigenvalue weighted by atomic mass is 28.4. The van der Waals surface area contributed by atoms with Crippen LogP contribution in [0.4, 0.5) is 16.2 Å². The lowest BCUT2D eigenvalue weighted by Gasteiger charge is -2.36. The fourth-order valence-corrected chi connectivity index (χ4v) is 3.63. The third-order valence-corrected chi connectivity index (χ3v) is 10.2. The van der Waals surface area contributed by atoms with Gasteiger partial charge in [-0.3, -0.25) is 15.0 Å². The van der Waals surface area contributed by atoms with E-state index >= 15 is 0 Å². The number of carboxylic acid groups (broad SMARTS) is 1. The molecular weight excluding hydrogens is 416 g/mol. The summed E-state index contributed by atoms with van der Waals surface area (Å²) in [5, 5.41) is 20.8. The molecule has 0 atom stereocenters. The van der Waals surface area contributed by atoms with Crippen LogP contribution in [0.15, 0.2) is 42.5 Å². The van der Waals surface area contributed by atoms with Crippen molar-refractivity contribution in [1.82, 2.24) is 0 Å². The van der Waals surface area contributed by atoms with Crippen LogP contribution in [-0.2, 0) is 17.6 Å². The minimum Gasteiger partial charge on any atom is -0.496 e. The van der Waals surface area contributed by atoms with E-state index in [1.54, 1.807) is 12.1 Å². The quantitative estimate of drug-likeness (QED) is 0.312. The van der Waals surface area contributed by atoms with Gasteiger partial charge in [0.2, 0.25) is 0 Å². The smallest absolute Gasteiger partial charge is 0.412 e. The monoisotopic (exact) mass is 446 g/mol. The number of non-ortho nitro benzene ring substituents is 1. The molecule has 1 amide bonds. The summed E-state index contributed by atoms with van der Waals surface area (Å²) in [6.07, 6.45) is -1.13. The van der Waals surface area contributed by atoms with Gasteiger partial charge in [0, 0.05) is 17.3 Å². The molecule has 0 aliphatic heterocycles. The third kappa shape index (κ3) is 6.05.